The average molecular weight is 483 g/mol. The summed E-state index contributed by atoms with van der Waals surface area (Å²) in [4.78, 5) is 29.8. The highest BCUT2D eigenvalue weighted by Crippen LogP contribution is 2.21. The standard InChI is InChI=1S/C29H30N4O3/c34-29(35-27-23(13-9-21-32-27)11-1-3-15-25-17-5-7-19-30-25)36-28-24(14-10-22-33-28)12-2-4-16-26-18-6-8-20-31-26/h5-10,13-14,17-22H,1-4,11-12,15-16H2. The van der Waals surface area contributed by atoms with Crippen molar-refractivity contribution in [1.29, 1.82) is 0 Å². The molecule has 0 saturated heterocycles. The molecule has 0 aliphatic carbocycles. The van der Waals surface area contributed by atoms with Crippen molar-refractivity contribution < 1.29 is 14.3 Å². The molecule has 0 aliphatic rings. The number of hydrogen-bond donors (Lipinski definition) is 0. The smallest absolute Gasteiger partial charge is 0.375 e. The van der Waals surface area contributed by atoms with Crippen molar-refractivity contribution in [1.82, 2.24) is 19.9 Å². The van der Waals surface area contributed by atoms with E-state index >= 15 is 0 Å². The molecule has 0 aromatic carbocycles. The van der Waals surface area contributed by atoms with Crippen LogP contribution in [0.15, 0.2) is 85.5 Å². The lowest BCUT2D eigenvalue weighted by atomic mass is 10.1. The molecule has 4 rings (SSSR count). The van der Waals surface area contributed by atoms with Crippen LogP contribution in [0.4, 0.5) is 4.79 Å². The lowest BCUT2D eigenvalue weighted by Crippen LogP contribution is -2.17. The molecule has 7 nitrogen and oxygen atoms in total. The van der Waals surface area contributed by atoms with Crippen molar-refractivity contribution in [2.24, 2.45) is 0 Å². The lowest BCUT2D eigenvalue weighted by Gasteiger charge is -2.11. The number of aryl methyl sites for hydroxylation is 4. The van der Waals surface area contributed by atoms with Crippen LogP contribution in [-0.2, 0) is 25.7 Å². The number of rotatable bonds is 12. The molecular weight excluding hydrogens is 452 g/mol. The second-order valence-electron chi connectivity index (χ2n) is 8.45. The van der Waals surface area contributed by atoms with Gasteiger partial charge in [-0.25, -0.2) is 14.8 Å². The first-order valence-electron chi connectivity index (χ1n) is 12.4. The molecule has 0 radical (unpaired) electrons. The van der Waals surface area contributed by atoms with E-state index in [0.29, 0.717) is 0 Å². The van der Waals surface area contributed by atoms with Crippen LogP contribution in [0.2, 0.25) is 0 Å². The molecule has 0 fully saturated rings. The van der Waals surface area contributed by atoms with Crippen LogP contribution in [0.1, 0.15) is 48.2 Å². The topological polar surface area (TPSA) is 87.1 Å². The van der Waals surface area contributed by atoms with Crippen molar-refractivity contribution in [2.45, 2.75) is 51.4 Å². The van der Waals surface area contributed by atoms with Crippen LogP contribution < -0.4 is 9.47 Å². The molecule has 4 aromatic rings. The second-order valence-corrected chi connectivity index (χ2v) is 8.45. The van der Waals surface area contributed by atoms with E-state index < -0.39 is 6.16 Å². The molecule has 0 saturated carbocycles. The van der Waals surface area contributed by atoms with Crippen molar-refractivity contribution in [3.05, 3.63) is 108 Å². The lowest BCUT2D eigenvalue weighted by molar-refractivity contribution is 0.147. The number of aromatic nitrogens is 4. The molecule has 0 N–H and O–H groups in total. The summed E-state index contributed by atoms with van der Waals surface area (Å²) in [5.74, 6) is 0.543. The highest BCUT2D eigenvalue weighted by atomic mass is 16.7. The third-order valence-corrected chi connectivity index (χ3v) is 5.77. The maximum atomic E-state index is 12.6. The largest absolute Gasteiger partial charge is 0.522 e. The Labute approximate surface area is 211 Å². The Morgan fingerprint density at radius 3 is 1.42 bits per heavy atom. The first kappa shape index (κ1) is 25.0. The molecule has 0 unspecified atom stereocenters. The molecule has 184 valence electrons. The van der Waals surface area contributed by atoms with Gasteiger partial charge in [0.05, 0.1) is 0 Å². The SMILES string of the molecule is O=C(Oc1ncccc1CCCCc1ccccn1)Oc1ncccc1CCCCc1ccccn1. The highest BCUT2D eigenvalue weighted by molar-refractivity contribution is 5.66. The minimum Gasteiger partial charge on any atom is -0.375 e. The van der Waals surface area contributed by atoms with Gasteiger partial charge in [-0.05, 0) is 87.8 Å². The van der Waals surface area contributed by atoms with E-state index in [9.17, 15) is 4.79 Å². The summed E-state index contributed by atoms with van der Waals surface area (Å²) in [5, 5.41) is 0. The zero-order valence-corrected chi connectivity index (χ0v) is 20.3. The first-order chi connectivity index (χ1) is 17.8. The van der Waals surface area contributed by atoms with Crippen molar-refractivity contribution in [3.63, 3.8) is 0 Å². The Kier molecular flexibility index (Phi) is 9.49. The third-order valence-electron chi connectivity index (χ3n) is 5.77. The van der Waals surface area contributed by atoms with Gasteiger partial charge >= 0.3 is 6.16 Å². The summed E-state index contributed by atoms with van der Waals surface area (Å²) < 4.78 is 10.9. The number of hydrogen-bond acceptors (Lipinski definition) is 7. The van der Waals surface area contributed by atoms with Crippen molar-refractivity contribution in [3.8, 4) is 11.8 Å². The summed E-state index contributed by atoms with van der Waals surface area (Å²) >= 11 is 0. The summed E-state index contributed by atoms with van der Waals surface area (Å²) in [6.07, 6.45) is 13.1. The van der Waals surface area contributed by atoms with E-state index in [-0.39, 0.29) is 11.8 Å². The summed E-state index contributed by atoms with van der Waals surface area (Å²) in [6, 6.07) is 19.4. The molecule has 36 heavy (non-hydrogen) atoms. The molecule has 0 amide bonds. The minimum absolute atomic E-state index is 0.271. The molecule has 0 aliphatic heterocycles. The fourth-order valence-corrected chi connectivity index (χ4v) is 3.93. The van der Waals surface area contributed by atoms with Gasteiger partial charge in [0, 0.05) is 47.3 Å². The Balaban J connectivity index is 1.26. The van der Waals surface area contributed by atoms with Gasteiger partial charge in [-0.3, -0.25) is 9.97 Å². The molecular formula is C29H30N4O3. The zero-order valence-electron chi connectivity index (χ0n) is 20.3. The van der Waals surface area contributed by atoms with E-state index in [2.05, 4.69) is 19.9 Å². The summed E-state index contributed by atoms with van der Waals surface area (Å²) in [5.41, 5.74) is 3.88. The predicted octanol–water partition coefficient (Wildman–Crippen LogP) is 5.98. The molecule has 0 spiro atoms. The average Bonchev–Trinajstić information content (AvgIpc) is 2.92. The van der Waals surface area contributed by atoms with E-state index in [1.165, 1.54) is 0 Å². The predicted molar refractivity (Wildman–Crippen MR) is 137 cm³/mol. The van der Waals surface area contributed by atoms with Gasteiger partial charge in [-0.15, -0.1) is 0 Å². The molecule has 4 heterocycles. The van der Waals surface area contributed by atoms with E-state index in [4.69, 9.17) is 9.47 Å². The van der Waals surface area contributed by atoms with E-state index in [1.54, 1.807) is 12.4 Å². The van der Waals surface area contributed by atoms with Gasteiger partial charge in [-0.1, -0.05) is 24.3 Å². The first-order valence-corrected chi connectivity index (χ1v) is 12.4. The number of carbonyl (C=O) groups is 1. The minimum atomic E-state index is -0.836. The van der Waals surface area contributed by atoms with Crippen LogP contribution >= 0.6 is 0 Å². The van der Waals surface area contributed by atoms with Crippen LogP contribution in [0.25, 0.3) is 0 Å². The van der Waals surface area contributed by atoms with E-state index in [0.717, 1.165) is 73.9 Å². The fraction of sp³-hybridized carbons (Fsp3) is 0.276. The number of unbranched alkanes of at least 4 members (excludes halogenated alkanes) is 2. The Morgan fingerprint density at radius 2 is 0.972 bits per heavy atom. The maximum Gasteiger partial charge on any atom is 0.522 e. The Bertz CT molecular complexity index is 1120. The third kappa shape index (κ3) is 7.98. The monoisotopic (exact) mass is 482 g/mol. The van der Waals surface area contributed by atoms with Gasteiger partial charge in [0.25, 0.3) is 0 Å². The molecule has 4 aromatic heterocycles. The number of nitrogens with zero attached hydrogens (tertiary/aromatic N) is 4. The summed E-state index contributed by atoms with van der Waals surface area (Å²) in [6.45, 7) is 0. The molecule has 0 atom stereocenters. The van der Waals surface area contributed by atoms with Gasteiger partial charge < -0.3 is 9.47 Å². The van der Waals surface area contributed by atoms with Gasteiger partial charge in [-0.2, -0.15) is 0 Å². The highest BCUT2D eigenvalue weighted by Gasteiger charge is 2.15. The van der Waals surface area contributed by atoms with Crippen LogP contribution in [0.3, 0.4) is 0 Å². The van der Waals surface area contributed by atoms with Crippen LogP contribution in [0, 0.1) is 0 Å². The van der Waals surface area contributed by atoms with Gasteiger partial charge in [0.15, 0.2) is 0 Å². The normalized spacial score (nSPS) is 10.7. The van der Waals surface area contributed by atoms with E-state index in [1.807, 2.05) is 73.1 Å². The molecule has 7 heteroatoms. The Morgan fingerprint density at radius 1 is 0.528 bits per heavy atom. The number of carbonyl (C=O) groups excluding carboxylic acids is 1. The quantitative estimate of drug-likeness (QED) is 0.181. The number of pyridine rings is 4. The fourth-order valence-electron chi connectivity index (χ4n) is 3.93. The Hall–Kier alpha value is -4.13. The van der Waals surface area contributed by atoms with Crippen molar-refractivity contribution >= 4 is 6.16 Å². The van der Waals surface area contributed by atoms with Crippen molar-refractivity contribution in [2.75, 3.05) is 0 Å². The summed E-state index contributed by atoms with van der Waals surface area (Å²) in [7, 11) is 0. The van der Waals surface area contributed by atoms with Gasteiger partial charge in [0.2, 0.25) is 11.8 Å². The zero-order chi connectivity index (χ0) is 24.8. The molecule has 0 bridgehead atoms. The van der Waals surface area contributed by atoms with Gasteiger partial charge in [0.1, 0.15) is 0 Å². The van der Waals surface area contributed by atoms with Crippen LogP contribution in [-0.4, -0.2) is 26.1 Å². The number of ether oxygens (including phenoxy) is 2. The maximum absolute atomic E-state index is 12.6. The second kappa shape index (κ2) is 13.7. The van der Waals surface area contributed by atoms with Crippen LogP contribution in [0.5, 0.6) is 11.8 Å².